The Hall–Kier alpha value is -4.31. The molecular formula is C27H24N6O3S. The molecule has 4 heterocycles. The van der Waals surface area contributed by atoms with Crippen molar-refractivity contribution in [1.29, 1.82) is 0 Å². The van der Waals surface area contributed by atoms with Crippen molar-refractivity contribution in [3.05, 3.63) is 84.2 Å². The van der Waals surface area contributed by atoms with E-state index >= 15 is 0 Å². The maximum atomic E-state index is 13.6. The Morgan fingerprint density at radius 2 is 1.70 bits per heavy atom. The van der Waals surface area contributed by atoms with Gasteiger partial charge < -0.3 is 10.6 Å². The lowest BCUT2D eigenvalue weighted by molar-refractivity contribution is 0.0993. The van der Waals surface area contributed by atoms with Crippen LogP contribution in [-0.2, 0) is 16.3 Å². The molecule has 10 heteroatoms. The van der Waals surface area contributed by atoms with Crippen LogP contribution in [0.2, 0.25) is 0 Å². The Balaban J connectivity index is 1.50. The number of carbonyl (C=O) groups excluding carboxylic acids is 1. The third-order valence-electron chi connectivity index (χ3n) is 6.70. The van der Waals surface area contributed by atoms with Crippen LogP contribution in [0.4, 0.5) is 11.6 Å². The first-order valence-corrected chi connectivity index (χ1v) is 13.8. The number of fused-ring (bicyclic) bond motifs is 2. The SMILES string of the molecule is Nc1c(C(=O)Cc2ccccc2)c(N2CCS(=O)(=O)CC2)nc2c(-c3cnc4ccccc4c3)cnn12. The van der Waals surface area contributed by atoms with E-state index in [9.17, 15) is 13.2 Å². The minimum Gasteiger partial charge on any atom is -0.383 e. The van der Waals surface area contributed by atoms with Crippen molar-refractivity contribution in [3.8, 4) is 11.1 Å². The van der Waals surface area contributed by atoms with Crippen LogP contribution in [0.3, 0.4) is 0 Å². The molecule has 0 atom stereocenters. The molecule has 37 heavy (non-hydrogen) atoms. The van der Waals surface area contributed by atoms with Gasteiger partial charge in [0.1, 0.15) is 17.2 Å². The molecule has 186 valence electrons. The van der Waals surface area contributed by atoms with Gasteiger partial charge in [-0.1, -0.05) is 48.5 Å². The number of carbonyl (C=O) groups is 1. The third kappa shape index (κ3) is 4.29. The van der Waals surface area contributed by atoms with Crippen molar-refractivity contribution in [1.82, 2.24) is 19.6 Å². The first-order valence-electron chi connectivity index (χ1n) is 11.9. The lowest BCUT2D eigenvalue weighted by Gasteiger charge is -2.29. The summed E-state index contributed by atoms with van der Waals surface area (Å²) in [6, 6.07) is 19.2. The van der Waals surface area contributed by atoms with Gasteiger partial charge in [0.2, 0.25) is 0 Å². The molecule has 0 spiro atoms. The summed E-state index contributed by atoms with van der Waals surface area (Å²) in [6.07, 6.45) is 3.57. The molecule has 3 aromatic heterocycles. The topological polar surface area (TPSA) is 124 Å². The predicted octanol–water partition coefficient (Wildman–Crippen LogP) is 3.19. The molecular weight excluding hydrogens is 488 g/mol. The van der Waals surface area contributed by atoms with Gasteiger partial charge in [-0.15, -0.1) is 0 Å². The van der Waals surface area contributed by atoms with Gasteiger partial charge in [-0.05, 0) is 17.7 Å². The molecule has 2 N–H and O–H groups in total. The van der Waals surface area contributed by atoms with Gasteiger partial charge in [0.05, 0.1) is 23.2 Å². The number of hydrogen-bond acceptors (Lipinski definition) is 8. The summed E-state index contributed by atoms with van der Waals surface area (Å²) in [6.45, 7) is 0.467. The third-order valence-corrected chi connectivity index (χ3v) is 8.30. The van der Waals surface area contributed by atoms with E-state index in [2.05, 4.69) is 10.1 Å². The number of hydrogen-bond donors (Lipinski definition) is 1. The number of ketones is 1. The molecule has 5 aromatic rings. The summed E-state index contributed by atoms with van der Waals surface area (Å²) in [7, 11) is -3.13. The summed E-state index contributed by atoms with van der Waals surface area (Å²) < 4.78 is 25.7. The van der Waals surface area contributed by atoms with Crippen LogP contribution in [-0.4, -0.2) is 58.4 Å². The van der Waals surface area contributed by atoms with E-state index < -0.39 is 9.84 Å². The summed E-state index contributed by atoms with van der Waals surface area (Å²) >= 11 is 0. The molecule has 0 aliphatic carbocycles. The highest BCUT2D eigenvalue weighted by Crippen LogP contribution is 2.33. The zero-order chi connectivity index (χ0) is 25.6. The van der Waals surface area contributed by atoms with Crippen LogP contribution in [0.1, 0.15) is 15.9 Å². The molecule has 0 unspecified atom stereocenters. The number of Topliss-reactive ketones (excluding diaryl/α,β-unsaturated/α-hetero) is 1. The van der Waals surface area contributed by atoms with Crippen molar-refractivity contribution >= 4 is 43.8 Å². The fourth-order valence-electron chi connectivity index (χ4n) is 4.71. The van der Waals surface area contributed by atoms with Crippen LogP contribution in [0.15, 0.2) is 73.1 Å². The molecule has 1 aliphatic heterocycles. The normalized spacial score (nSPS) is 15.3. The highest BCUT2D eigenvalue weighted by Gasteiger charge is 2.30. The Bertz CT molecular complexity index is 1750. The maximum absolute atomic E-state index is 13.6. The average Bonchev–Trinajstić information content (AvgIpc) is 3.33. The van der Waals surface area contributed by atoms with Gasteiger partial charge in [0, 0.05) is 42.2 Å². The number of nitrogens with zero attached hydrogens (tertiary/aromatic N) is 5. The molecule has 1 aliphatic rings. The van der Waals surface area contributed by atoms with Crippen molar-refractivity contribution in [2.45, 2.75) is 6.42 Å². The highest BCUT2D eigenvalue weighted by molar-refractivity contribution is 7.91. The quantitative estimate of drug-likeness (QED) is 0.356. The van der Waals surface area contributed by atoms with Crippen LogP contribution < -0.4 is 10.6 Å². The molecule has 0 bridgehead atoms. The molecule has 0 saturated carbocycles. The van der Waals surface area contributed by atoms with Crippen LogP contribution >= 0.6 is 0 Å². The molecule has 1 fully saturated rings. The number of pyridine rings is 1. The smallest absolute Gasteiger partial charge is 0.174 e. The second-order valence-corrected chi connectivity index (χ2v) is 11.4. The molecule has 1 saturated heterocycles. The van der Waals surface area contributed by atoms with Crippen molar-refractivity contribution in [2.75, 3.05) is 35.2 Å². The van der Waals surface area contributed by atoms with Gasteiger partial charge in [-0.25, -0.2) is 13.4 Å². The average molecular weight is 513 g/mol. The zero-order valence-electron chi connectivity index (χ0n) is 19.9. The standard InChI is InChI=1S/C27H24N6O3S/c28-25-24(23(34)14-18-6-2-1-3-7-18)27(32-10-12-37(35,36)13-11-32)31-26-21(17-30-33(25)26)20-15-19-8-4-5-9-22(19)29-16-20/h1-9,15-17H,10-14,28H2. The number of rotatable bonds is 5. The number of anilines is 2. The Morgan fingerprint density at radius 3 is 2.49 bits per heavy atom. The largest absolute Gasteiger partial charge is 0.383 e. The van der Waals surface area contributed by atoms with Crippen molar-refractivity contribution in [2.24, 2.45) is 0 Å². The highest BCUT2D eigenvalue weighted by atomic mass is 32.2. The van der Waals surface area contributed by atoms with Crippen LogP contribution in [0.25, 0.3) is 27.7 Å². The fourth-order valence-corrected chi connectivity index (χ4v) is 5.92. The number of sulfone groups is 1. The molecule has 6 rings (SSSR count). The lowest BCUT2D eigenvalue weighted by atomic mass is 10.0. The Kier molecular flexibility index (Phi) is 5.60. The van der Waals surface area contributed by atoms with Crippen molar-refractivity contribution < 1.29 is 13.2 Å². The molecule has 2 aromatic carbocycles. The van der Waals surface area contributed by atoms with Gasteiger partial charge in [0.15, 0.2) is 21.3 Å². The van der Waals surface area contributed by atoms with E-state index in [1.54, 1.807) is 12.4 Å². The molecule has 0 amide bonds. The van der Waals surface area contributed by atoms with Gasteiger partial charge in [-0.3, -0.25) is 9.78 Å². The number of para-hydroxylation sites is 1. The first kappa shape index (κ1) is 23.1. The van der Waals surface area contributed by atoms with E-state index in [1.165, 1.54) is 4.52 Å². The van der Waals surface area contributed by atoms with E-state index in [4.69, 9.17) is 10.7 Å². The van der Waals surface area contributed by atoms with Gasteiger partial charge in [0.25, 0.3) is 0 Å². The number of nitrogens with two attached hydrogens (primary N) is 1. The fraction of sp³-hybridized carbons (Fsp3) is 0.185. The lowest BCUT2D eigenvalue weighted by Crippen LogP contribution is -2.41. The number of benzene rings is 2. The minimum absolute atomic E-state index is 0.00715. The second-order valence-electron chi connectivity index (χ2n) is 9.13. The second kappa shape index (κ2) is 8.97. The summed E-state index contributed by atoms with van der Waals surface area (Å²) in [5.74, 6) is 0.344. The minimum atomic E-state index is -3.13. The summed E-state index contributed by atoms with van der Waals surface area (Å²) in [4.78, 5) is 24.9. The predicted molar refractivity (Wildman–Crippen MR) is 143 cm³/mol. The van der Waals surface area contributed by atoms with E-state index in [0.29, 0.717) is 11.5 Å². The molecule has 9 nitrogen and oxygen atoms in total. The monoisotopic (exact) mass is 512 g/mol. The number of nitrogen functional groups attached to an aromatic ring is 1. The van der Waals surface area contributed by atoms with Gasteiger partial charge in [-0.2, -0.15) is 9.61 Å². The first-order chi connectivity index (χ1) is 17.9. The maximum Gasteiger partial charge on any atom is 0.174 e. The van der Waals surface area contributed by atoms with Crippen LogP contribution in [0.5, 0.6) is 0 Å². The number of aromatic nitrogens is 4. The van der Waals surface area contributed by atoms with E-state index in [1.807, 2.05) is 65.6 Å². The summed E-state index contributed by atoms with van der Waals surface area (Å²) in [5, 5.41) is 5.44. The van der Waals surface area contributed by atoms with Crippen LogP contribution in [0, 0.1) is 0 Å². The molecule has 0 radical (unpaired) electrons. The summed E-state index contributed by atoms with van der Waals surface area (Å²) in [5.41, 5.74) is 10.6. The van der Waals surface area contributed by atoms with E-state index in [-0.39, 0.29) is 48.2 Å². The Labute approximate surface area is 213 Å². The zero-order valence-corrected chi connectivity index (χ0v) is 20.7. The van der Waals surface area contributed by atoms with Gasteiger partial charge >= 0.3 is 0 Å². The Morgan fingerprint density at radius 1 is 0.973 bits per heavy atom. The van der Waals surface area contributed by atoms with E-state index in [0.717, 1.165) is 27.6 Å². The van der Waals surface area contributed by atoms with Crippen molar-refractivity contribution in [3.63, 3.8) is 0 Å².